The highest BCUT2D eigenvalue weighted by Crippen LogP contribution is 2.32. The fourth-order valence-electron chi connectivity index (χ4n) is 3.89. The van der Waals surface area contributed by atoms with Crippen LogP contribution in [0.3, 0.4) is 0 Å². The number of aryl methyl sites for hydroxylation is 1. The number of nitrogens with zero attached hydrogens (tertiary/aromatic N) is 5. The predicted octanol–water partition coefficient (Wildman–Crippen LogP) is 0.119. The molecule has 3 heterocycles. The molecule has 0 saturated carbocycles. The fourth-order valence-corrected chi connectivity index (χ4v) is 3.89. The number of ether oxygens (including phenoxy) is 1. The van der Waals surface area contributed by atoms with Crippen LogP contribution in [0, 0.1) is 5.92 Å². The number of amides is 1. The molecule has 1 N–H and O–H groups in total. The lowest BCUT2D eigenvalue weighted by Gasteiger charge is -2.34. The second-order valence-electron chi connectivity index (χ2n) is 6.77. The second kappa shape index (κ2) is 6.89. The molecular weight excluding hydrogens is 336 g/mol. The third-order valence-corrected chi connectivity index (χ3v) is 5.15. The number of piperidine rings is 1. The molecule has 0 bridgehead atoms. The van der Waals surface area contributed by atoms with Gasteiger partial charge >= 0.3 is 5.97 Å². The smallest absolute Gasteiger partial charge is 0.325 e. The van der Waals surface area contributed by atoms with Gasteiger partial charge in [-0.2, -0.15) is 14.6 Å². The van der Waals surface area contributed by atoms with Crippen molar-refractivity contribution in [2.45, 2.75) is 32.1 Å². The van der Waals surface area contributed by atoms with Crippen LogP contribution < -0.4 is 10.2 Å². The Morgan fingerprint density at radius 3 is 3.08 bits per heavy atom. The van der Waals surface area contributed by atoms with Crippen molar-refractivity contribution in [3.63, 3.8) is 0 Å². The molecule has 0 spiro atoms. The zero-order valence-electron chi connectivity index (χ0n) is 14.8. The lowest BCUT2D eigenvalue weighted by molar-refractivity contribution is -0.141. The van der Waals surface area contributed by atoms with Gasteiger partial charge in [-0.05, 0) is 32.1 Å². The van der Waals surface area contributed by atoms with Gasteiger partial charge in [0.2, 0.25) is 5.91 Å². The number of anilines is 1. The predicted molar refractivity (Wildman–Crippen MR) is 92.8 cm³/mol. The lowest BCUT2D eigenvalue weighted by atomic mass is 9.96. The Labute approximate surface area is 150 Å². The van der Waals surface area contributed by atoms with E-state index < -0.39 is 5.97 Å². The number of methoxy groups -OCH3 is 1. The number of nitrogens with one attached hydrogen (secondary N) is 1. The summed E-state index contributed by atoms with van der Waals surface area (Å²) in [5.41, 5.74) is 2.32. The van der Waals surface area contributed by atoms with Gasteiger partial charge in [-0.25, -0.2) is 4.98 Å². The van der Waals surface area contributed by atoms with Gasteiger partial charge in [-0.15, -0.1) is 0 Å². The lowest BCUT2D eigenvalue weighted by Crippen LogP contribution is -2.45. The first-order valence-electron chi connectivity index (χ1n) is 8.98. The van der Waals surface area contributed by atoms with Gasteiger partial charge in [0.1, 0.15) is 18.7 Å². The van der Waals surface area contributed by atoms with Crippen LogP contribution in [0.25, 0.3) is 5.78 Å². The van der Waals surface area contributed by atoms with Crippen LogP contribution in [-0.2, 0) is 27.2 Å². The van der Waals surface area contributed by atoms with E-state index in [-0.39, 0.29) is 18.4 Å². The molecule has 1 aliphatic heterocycles. The Hall–Kier alpha value is -2.71. The van der Waals surface area contributed by atoms with Gasteiger partial charge in [0.15, 0.2) is 0 Å². The van der Waals surface area contributed by atoms with E-state index in [4.69, 9.17) is 0 Å². The molecule has 0 radical (unpaired) electrons. The first kappa shape index (κ1) is 16.7. The average Bonchev–Trinajstić information content (AvgIpc) is 3.32. The van der Waals surface area contributed by atoms with Crippen LogP contribution in [0.1, 0.15) is 30.5 Å². The van der Waals surface area contributed by atoms with Crippen molar-refractivity contribution in [3.8, 4) is 0 Å². The van der Waals surface area contributed by atoms with Crippen LogP contribution >= 0.6 is 0 Å². The van der Waals surface area contributed by atoms with Gasteiger partial charge in [0.25, 0.3) is 5.78 Å². The number of aromatic nitrogens is 4. The Morgan fingerprint density at radius 1 is 1.35 bits per heavy atom. The van der Waals surface area contributed by atoms with Crippen molar-refractivity contribution < 1.29 is 14.3 Å². The molecule has 9 heteroatoms. The zero-order chi connectivity index (χ0) is 18.1. The minimum Gasteiger partial charge on any atom is -0.468 e. The summed E-state index contributed by atoms with van der Waals surface area (Å²) in [4.78, 5) is 34.8. The highest BCUT2D eigenvalue weighted by Gasteiger charge is 2.31. The maximum Gasteiger partial charge on any atom is 0.325 e. The number of hydrogen-bond donors (Lipinski definition) is 1. The Morgan fingerprint density at radius 2 is 2.23 bits per heavy atom. The van der Waals surface area contributed by atoms with Crippen LogP contribution in [0.4, 0.5) is 5.82 Å². The van der Waals surface area contributed by atoms with Gasteiger partial charge in [-0.3, -0.25) is 9.59 Å². The van der Waals surface area contributed by atoms with Crippen LogP contribution in [0.2, 0.25) is 0 Å². The first-order chi connectivity index (χ1) is 12.7. The standard InChI is InChI=1S/C17H22N6O3/c1-26-14(24)8-18-15(25)11-4-3-7-22(9-11)16-12-5-2-6-13(12)21-17-19-10-20-23(16)17/h10-11H,2-9H2,1H3,(H,18,25). The molecule has 4 rings (SSSR count). The summed E-state index contributed by atoms with van der Waals surface area (Å²) < 4.78 is 6.37. The van der Waals surface area contributed by atoms with E-state index >= 15 is 0 Å². The van der Waals surface area contributed by atoms with E-state index in [1.54, 1.807) is 4.52 Å². The average molecular weight is 358 g/mol. The second-order valence-corrected chi connectivity index (χ2v) is 6.77. The van der Waals surface area contributed by atoms with E-state index in [1.807, 2.05) is 0 Å². The van der Waals surface area contributed by atoms with Gasteiger partial charge < -0.3 is 15.0 Å². The van der Waals surface area contributed by atoms with Crippen molar-refractivity contribution >= 4 is 23.5 Å². The molecule has 9 nitrogen and oxygen atoms in total. The third kappa shape index (κ3) is 2.97. The van der Waals surface area contributed by atoms with E-state index in [0.717, 1.165) is 50.2 Å². The van der Waals surface area contributed by atoms with Crippen molar-refractivity contribution in [2.24, 2.45) is 5.92 Å². The molecule has 1 saturated heterocycles. The number of esters is 1. The minimum absolute atomic E-state index is 0.0934. The molecule has 2 aromatic heterocycles. The monoisotopic (exact) mass is 358 g/mol. The minimum atomic E-state index is -0.442. The molecule has 1 atom stereocenters. The summed E-state index contributed by atoms with van der Waals surface area (Å²) >= 11 is 0. The van der Waals surface area contributed by atoms with Gasteiger partial charge in [0, 0.05) is 18.7 Å². The molecule has 26 heavy (non-hydrogen) atoms. The highest BCUT2D eigenvalue weighted by atomic mass is 16.5. The number of fused-ring (bicyclic) bond motifs is 2. The highest BCUT2D eigenvalue weighted by molar-refractivity contribution is 5.84. The van der Waals surface area contributed by atoms with Crippen molar-refractivity contribution in [1.29, 1.82) is 0 Å². The maximum atomic E-state index is 12.5. The molecule has 1 aliphatic carbocycles. The largest absolute Gasteiger partial charge is 0.468 e. The van der Waals surface area contributed by atoms with Crippen LogP contribution in [0.5, 0.6) is 0 Å². The van der Waals surface area contributed by atoms with E-state index in [1.165, 1.54) is 19.0 Å². The summed E-state index contributed by atoms with van der Waals surface area (Å²) in [6.07, 6.45) is 6.25. The van der Waals surface area contributed by atoms with E-state index in [0.29, 0.717) is 12.3 Å². The summed E-state index contributed by atoms with van der Waals surface area (Å²) in [6.45, 7) is 1.37. The van der Waals surface area contributed by atoms with Gasteiger partial charge in [-0.1, -0.05) is 0 Å². The molecular formula is C17H22N6O3. The molecule has 1 amide bonds. The molecule has 138 valence electrons. The Bertz CT molecular complexity index is 848. The maximum absolute atomic E-state index is 12.5. The van der Waals surface area contributed by atoms with Crippen molar-refractivity contribution in [2.75, 3.05) is 31.6 Å². The first-order valence-corrected chi connectivity index (χ1v) is 8.98. The summed E-state index contributed by atoms with van der Waals surface area (Å²) in [5, 5.41) is 7.02. The molecule has 1 fully saturated rings. The normalized spacial score (nSPS) is 19.4. The molecule has 2 aromatic rings. The van der Waals surface area contributed by atoms with Crippen LogP contribution in [0.15, 0.2) is 6.33 Å². The molecule has 2 aliphatic rings. The Kier molecular flexibility index (Phi) is 4.44. The number of carbonyl (C=O) groups is 2. The zero-order valence-corrected chi connectivity index (χ0v) is 14.8. The van der Waals surface area contributed by atoms with Crippen molar-refractivity contribution in [1.82, 2.24) is 24.9 Å². The van der Waals surface area contributed by atoms with Crippen molar-refractivity contribution in [3.05, 3.63) is 17.6 Å². The fraction of sp³-hybridized carbons (Fsp3) is 0.588. The quantitative estimate of drug-likeness (QED) is 0.775. The Balaban J connectivity index is 1.57. The van der Waals surface area contributed by atoms with E-state index in [2.05, 4.69) is 30.0 Å². The van der Waals surface area contributed by atoms with E-state index in [9.17, 15) is 9.59 Å². The number of rotatable bonds is 4. The number of carbonyl (C=O) groups excluding carboxylic acids is 2. The summed E-state index contributed by atoms with van der Waals surface area (Å²) in [5.74, 6) is 0.906. The number of hydrogen-bond acceptors (Lipinski definition) is 7. The third-order valence-electron chi connectivity index (χ3n) is 5.15. The summed E-state index contributed by atoms with van der Waals surface area (Å²) in [6, 6.07) is 0. The summed E-state index contributed by atoms with van der Waals surface area (Å²) in [7, 11) is 1.31. The SMILES string of the molecule is COC(=O)CNC(=O)C1CCCN(c2c3c(nc4ncnn24)CCC3)C1. The van der Waals surface area contributed by atoms with Crippen LogP contribution in [-0.4, -0.2) is 58.2 Å². The molecule has 0 aromatic carbocycles. The van der Waals surface area contributed by atoms with Gasteiger partial charge in [0.05, 0.1) is 18.7 Å². The topological polar surface area (TPSA) is 102 Å². The molecule has 1 unspecified atom stereocenters.